The normalized spacial score (nSPS) is 24.0. The zero-order chi connectivity index (χ0) is 38.1. The highest BCUT2D eigenvalue weighted by molar-refractivity contribution is 5.95. The van der Waals surface area contributed by atoms with Gasteiger partial charge in [-0.15, -0.1) is 0 Å². The largest absolute Gasteiger partial charge is 0.334 e. The second kappa shape index (κ2) is 13.8. The van der Waals surface area contributed by atoms with E-state index in [2.05, 4.69) is 175 Å². The van der Waals surface area contributed by atoms with E-state index in [-0.39, 0.29) is 11.5 Å². The zero-order valence-electron chi connectivity index (χ0n) is 33.4. The lowest BCUT2D eigenvalue weighted by Crippen LogP contribution is -2.37. The molecule has 7 aliphatic rings. The number of anilines is 1. The number of hydrogen-bond donors (Lipinski definition) is 0. The number of aromatic nitrogens is 1. The minimum Gasteiger partial charge on any atom is -0.334 e. The summed E-state index contributed by atoms with van der Waals surface area (Å²) in [5.41, 5.74) is 20.0. The number of hydrogen-bond acceptors (Lipinski definition) is 1. The van der Waals surface area contributed by atoms with E-state index in [1.807, 2.05) is 0 Å². The molecule has 0 fully saturated rings. The van der Waals surface area contributed by atoms with Gasteiger partial charge in [0.2, 0.25) is 0 Å². The topological polar surface area (TPSA) is 8.17 Å². The van der Waals surface area contributed by atoms with Gasteiger partial charge in [0.05, 0.1) is 11.6 Å². The number of allylic oxidation sites excluding steroid dienone is 15. The molecule has 57 heavy (non-hydrogen) atoms. The molecule has 0 saturated heterocycles. The minimum absolute atomic E-state index is 0.0365. The van der Waals surface area contributed by atoms with Crippen molar-refractivity contribution in [1.82, 2.24) is 4.57 Å². The Labute approximate surface area is 338 Å². The summed E-state index contributed by atoms with van der Waals surface area (Å²) < 4.78 is 2.60. The lowest BCUT2D eigenvalue weighted by Gasteiger charge is -2.41. The van der Waals surface area contributed by atoms with Crippen LogP contribution in [0.1, 0.15) is 111 Å². The van der Waals surface area contributed by atoms with Crippen LogP contribution in [0.25, 0.3) is 28.2 Å². The van der Waals surface area contributed by atoms with Gasteiger partial charge in [-0.25, -0.2) is 0 Å². The monoisotopic (exact) mass is 740 g/mol. The summed E-state index contributed by atoms with van der Waals surface area (Å²) in [7, 11) is 0. The van der Waals surface area contributed by atoms with Crippen molar-refractivity contribution in [1.29, 1.82) is 0 Å². The van der Waals surface area contributed by atoms with Gasteiger partial charge in [0.15, 0.2) is 0 Å². The van der Waals surface area contributed by atoms with Gasteiger partial charge < -0.3 is 9.47 Å². The van der Waals surface area contributed by atoms with Gasteiger partial charge >= 0.3 is 0 Å². The van der Waals surface area contributed by atoms with Gasteiger partial charge in [-0.1, -0.05) is 141 Å². The molecule has 4 aromatic rings. The molecule has 2 nitrogen and oxygen atoms in total. The Morgan fingerprint density at radius 2 is 1.63 bits per heavy atom. The van der Waals surface area contributed by atoms with Gasteiger partial charge in [-0.05, 0) is 127 Å². The first-order chi connectivity index (χ1) is 28.0. The molecule has 0 aliphatic heterocycles. The van der Waals surface area contributed by atoms with Crippen molar-refractivity contribution in [2.45, 2.75) is 94.9 Å². The van der Waals surface area contributed by atoms with Crippen LogP contribution in [0.3, 0.4) is 0 Å². The third-order valence-electron chi connectivity index (χ3n) is 14.0. The van der Waals surface area contributed by atoms with E-state index >= 15 is 0 Å². The fraction of sp³-hybridized carbons (Fsp3) is 0.273. The fourth-order valence-electron chi connectivity index (χ4n) is 11.2. The molecule has 7 aliphatic carbocycles. The molecular formula is C55H52N2. The van der Waals surface area contributed by atoms with Crippen LogP contribution in [-0.2, 0) is 11.8 Å². The molecule has 0 amide bonds. The van der Waals surface area contributed by atoms with Crippen LogP contribution in [0.4, 0.5) is 5.69 Å². The van der Waals surface area contributed by atoms with Crippen molar-refractivity contribution in [2.24, 2.45) is 0 Å². The highest BCUT2D eigenvalue weighted by Gasteiger charge is 2.41. The molecule has 3 atom stereocenters. The first-order valence-corrected chi connectivity index (χ1v) is 21.6. The molecule has 1 aromatic heterocycles. The lowest BCUT2D eigenvalue weighted by molar-refractivity contribution is 0.638. The van der Waals surface area contributed by atoms with E-state index in [0.29, 0.717) is 11.8 Å². The Kier molecular flexibility index (Phi) is 8.39. The molecule has 282 valence electrons. The average Bonchev–Trinajstić information content (AvgIpc) is 3.72. The van der Waals surface area contributed by atoms with E-state index in [4.69, 9.17) is 0 Å². The summed E-state index contributed by atoms with van der Waals surface area (Å²) in [4.78, 5) is 2.73. The van der Waals surface area contributed by atoms with Crippen molar-refractivity contribution in [3.63, 3.8) is 0 Å². The van der Waals surface area contributed by atoms with E-state index in [9.17, 15) is 0 Å². The fourth-order valence-corrected chi connectivity index (χ4v) is 11.2. The van der Waals surface area contributed by atoms with Crippen LogP contribution in [0.15, 0.2) is 168 Å². The molecule has 3 aromatic carbocycles. The molecule has 0 bridgehead atoms. The minimum atomic E-state index is -0.0365. The smallest absolute Gasteiger partial charge is 0.0563 e. The first kappa shape index (κ1) is 34.6. The summed E-state index contributed by atoms with van der Waals surface area (Å²) in [5, 5.41) is 1.42. The van der Waals surface area contributed by atoms with Gasteiger partial charge in [0.25, 0.3) is 0 Å². The Bertz CT molecular complexity index is 2650. The SMILES string of the molecule is CC1(C)C2=CC(N(C3=CCC(c4ccc5c(c4)c4c(n5C5=CC=CCC5)CCC=C4)C4=C3C=CCC4)c3cccc(C4C=CC=CC4)c3)CC=C2c2ccccc21. The predicted molar refractivity (Wildman–Crippen MR) is 241 cm³/mol. The molecule has 0 N–H and O–H groups in total. The van der Waals surface area contributed by atoms with Crippen LogP contribution in [0.2, 0.25) is 0 Å². The second-order valence-electron chi connectivity index (χ2n) is 17.6. The third-order valence-corrected chi connectivity index (χ3v) is 14.0. The Balaban J connectivity index is 1.02. The molecule has 0 saturated carbocycles. The summed E-state index contributed by atoms with van der Waals surface area (Å²) >= 11 is 0. The number of nitrogens with zero attached hydrogens (tertiary/aromatic N) is 2. The molecule has 0 radical (unpaired) electrons. The standard InChI is InChI=1S/C55H52N2/c1-55(2)50-26-13-11-23-45(50)46-30-29-42(36-51(46)55)56(41-21-15-18-38(34-41)37-16-5-3-6-17-37)53-33-31-43(44-22-9-10-24-47(44)53)39-28-32-54-49(35-39)48-25-12-14-27-52(48)57(54)40-19-7-4-8-20-40/h3-7,10-13,15-16,18-19,21,23-26,28,30,32-37,42-43H,8-9,14,17,20,22,27,29,31H2,1-2H3. The quantitative estimate of drug-likeness (QED) is 0.191. The van der Waals surface area contributed by atoms with Crippen LogP contribution >= 0.6 is 0 Å². The molecule has 11 rings (SSSR count). The maximum absolute atomic E-state index is 2.73. The van der Waals surface area contributed by atoms with Gasteiger partial charge in [-0.3, -0.25) is 0 Å². The van der Waals surface area contributed by atoms with E-state index in [1.165, 1.54) is 78.2 Å². The lowest BCUT2D eigenvalue weighted by atomic mass is 9.75. The predicted octanol–water partition coefficient (Wildman–Crippen LogP) is 14.0. The maximum atomic E-state index is 2.73. The zero-order valence-corrected chi connectivity index (χ0v) is 33.4. The Morgan fingerprint density at radius 1 is 0.737 bits per heavy atom. The Morgan fingerprint density at radius 3 is 2.53 bits per heavy atom. The third kappa shape index (κ3) is 5.66. The molecule has 1 heterocycles. The summed E-state index contributed by atoms with van der Waals surface area (Å²) in [6.07, 6.45) is 43.1. The van der Waals surface area contributed by atoms with E-state index in [0.717, 1.165) is 57.8 Å². The van der Waals surface area contributed by atoms with Gasteiger partial charge in [-0.2, -0.15) is 0 Å². The number of fused-ring (bicyclic) bond motifs is 6. The summed E-state index contributed by atoms with van der Waals surface area (Å²) in [6, 6.07) is 26.3. The summed E-state index contributed by atoms with van der Waals surface area (Å²) in [5.74, 6) is 0.773. The molecule has 0 spiro atoms. The van der Waals surface area contributed by atoms with Crippen molar-refractivity contribution >= 4 is 33.9 Å². The highest BCUT2D eigenvalue weighted by Crippen LogP contribution is 2.53. The van der Waals surface area contributed by atoms with Crippen molar-refractivity contribution < 1.29 is 0 Å². The number of rotatable bonds is 6. The summed E-state index contributed by atoms with van der Waals surface area (Å²) in [6.45, 7) is 4.84. The van der Waals surface area contributed by atoms with Crippen LogP contribution in [-0.4, -0.2) is 10.6 Å². The highest BCUT2D eigenvalue weighted by atomic mass is 15.2. The van der Waals surface area contributed by atoms with Crippen LogP contribution in [0.5, 0.6) is 0 Å². The molecular weight excluding hydrogens is 689 g/mol. The Hall–Kier alpha value is -5.60. The average molecular weight is 741 g/mol. The van der Waals surface area contributed by atoms with Crippen LogP contribution < -0.4 is 4.90 Å². The van der Waals surface area contributed by atoms with Crippen molar-refractivity contribution in [3.8, 4) is 0 Å². The van der Waals surface area contributed by atoms with E-state index in [1.54, 1.807) is 5.57 Å². The van der Waals surface area contributed by atoms with Gasteiger partial charge in [0.1, 0.15) is 0 Å². The van der Waals surface area contributed by atoms with Crippen LogP contribution in [0, 0.1) is 0 Å². The molecule has 2 heteroatoms. The van der Waals surface area contributed by atoms with E-state index < -0.39 is 0 Å². The number of benzene rings is 3. The molecule has 3 unspecified atom stereocenters. The maximum Gasteiger partial charge on any atom is 0.0563 e. The van der Waals surface area contributed by atoms with Crippen molar-refractivity contribution in [3.05, 3.63) is 202 Å². The van der Waals surface area contributed by atoms with Gasteiger partial charge in [0, 0.05) is 51.0 Å². The van der Waals surface area contributed by atoms with Crippen molar-refractivity contribution in [2.75, 3.05) is 4.90 Å². The first-order valence-electron chi connectivity index (χ1n) is 21.6. The second-order valence-corrected chi connectivity index (χ2v) is 17.6.